The minimum Gasteiger partial charge on any atom is -0.313 e. The van der Waals surface area contributed by atoms with Crippen LogP contribution in [0.15, 0.2) is 0 Å². The first-order valence-corrected chi connectivity index (χ1v) is 8.08. The molecule has 1 aliphatic rings. The van der Waals surface area contributed by atoms with E-state index in [4.69, 9.17) is 0 Å². The van der Waals surface area contributed by atoms with E-state index < -0.39 is 9.84 Å². The third-order valence-electron chi connectivity index (χ3n) is 3.59. The summed E-state index contributed by atoms with van der Waals surface area (Å²) < 4.78 is 22.6. The second-order valence-corrected chi connectivity index (χ2v) is 7.89. The standard InChI is InChI=1S/C12H25NO2S/c1-9(2)12(10(3)4)7-13-11-5-6-16(14,15)8-11/h9-13H,5-8H2,1-4H3. The molecule has 0 amide bonds. The average Bonchev–Trinajstić information content (AvgIpc) is 2.44. The fourth-order valence-corrected chi connectivity index (χ4v) is 4.21. The zero-order valence-electron chi connectivity index (χ0n) is 10.9. The van der Waals surface area contributed by atoms with E-state index >= 15 is 0 Å². The Labute approximate surface area is 99.9 Å². The number of hydrogen-bond donors (Lipinski definition) is 1. The van der Waals surface area contributed by atoms with Crippen molar-refractivity contribution in [3.05, 3.63) is 0 Å². The lowest BCUT2D eigenvalue weighted by Crippen LogP contribution is -2.37. The summed E-state index contributed by atoms with van der Waals surface area (Å²) in [6, 6.07) is 0.185. The molecule has 0 aromatic carbocycles. The Kier molecular flexibility index (Phi) is 4.80. The van der Waals surface area contributed by atoms with Crippen LogP contribution in [-0.4, -0.2) is 32.5 Å². The van der Waals surface area contributed by atoms with Crippen LogP contribution in [0.3, 0.4) is 0 Å². The van der Waals surface area contributed by atoms with Crippen LogP contribution in [-0.2, 0) is 9.84 Å². The molecule has 0 radical (unpaired) electrons. The van der Waals surface area contributed by atoms with E-state index in [1.54, 1.807) is 0 Å². The Balaban J connectivity index is 2.39. The molecule has 1 aliphatic heterocycles. The second kappa shape index (κ2) is 5.50. The molecule has 0 bridgehead atoms. The fourth-order valence-electron chi connectivity index (χ4n) is 2.50. The van der Waals surface area contributed by atoms with E-state index in [1.807, 2.05) is 0 Å². The molecule has 3 nitrogen and oxygen atoms in total. The Morgan fingerprint density at radius 3 is 2.12 bits per heavy atom. The predicted molar refractivity (Wildman–Crippen MR) is 68.2 cm³/mol. The second-order valence-electron chi connectivity index (χ2n) is 5.66. The summed E-state index contributed by atoms with van der Waals surface area (Å²) in [5.74, 6) is 2.61. The number of nitrogens with one attached hydrogen (secondary N) is 1. The van der Waals surface area contributed by atoms with Crippen LogP contribution in [0.25, 0.3) is 0 Å². The summed E-state index contributed by atoms with van der Waals surface area (Å²) in [5, 5.41) is 3.42. The molecule has 96 valence electrons. The summed E-state index contributed by atoms with van der Waals surface area (Å²) in [7, 11) is -2.75. The summed E-state index contributed by atoms with van der Waals surface area (Å²) in [5.41, 5.74) is 0. The van der Waals surface area contributed by atoms with Crippen molar-refractivity contribution in [3.63, 3.8) is 0 Å². The molecule has 0 aromatic heterocycles. The largest absolute Gasteiger partial charge is 0.313 e. The van der Waals surface area contributed by atoms with Crippen LogP contribution in [0.5, 0.6) is 0 Å². The monoisotopic (exact) mass is 247 g/mol. The molecule has 1 rings (SSSR count). The Hall–Kier alpha value is -0.0900. The van der Waals surface area contributed by atoms with Gasteiger partial charge in [-0.2, -0.15) is 0 Å². The van der Waals surface area contributed by atoms with E-state index in [0.29, 0.717) is 29.3 Å². The van der Waals surface area contributed by atoms with Crippen LogP contribution >= 0.6 is 0 Å². The van der Waals surface area contributed by atoms with Crippen LogP contribution in [0.2, 0.25) is 0 Å². The molecule has 16 heavy (non-hydrogen) atoms. The van der Waals surface area contributed by atoms with Crippen molar-refractivity contribution in [2.45, 2.75) is 40.2 Å². The number of sulfone groups is 1. The summed E-state index contributed by atoms with van der Waals surface area (Å²) in [4.78, 5) is 0. The van der Waals surface area contributed by atoms with Gasteiger partial charge in [0.25, 0.3) is 0 Å². The van der Waals surface area contributed by atoms with Crippen molar-refractivity contribution in [1.29, 1.82) is 0 Å². The van der Waals surface area contributed by atoms with Gasteiger partial charge in [-0.15, -0.1) is 0 Å². The Morgan fingerprint density at radius 1 is 1.19 bits per heavy atom. The van der Waals surface area contributed by atoms with Gasteiger partial charge in [-0.05, 0) is 30.7 Å². The molecule has 4 heteroatoms. The molecule has 0 saturated carbocycles. The van der Waals surface area contributed by atoms with Crippen molar-refractivity contribution >= 4 is 9.84 Å². The molecular weight excluding hydrogens is 222 g/mol. The summed E-state index contributed by atoms with van der Waals surface area (Å²) >= 11 is 0. The lowest BCUT2D eigenvalue weighted by atomic mass is 9.85. The maximum atomic E-state index is 11.3. The molecule has 1 fully saturated rings. The minimum atomic E-state index is -2.75. The fraction of sp³-hybridized carbons (Fsp3) is 1.00. The highest BCUT2D eigenvalue weighted by Crippen LogP contribution is 2.20. The molecule has 1 saturated heterocycles. The van der Waals surface area contributed by atoms with Gasteiger partial charge in [0.15, 0.2) is 9.84 Å². The van der Waals surface area contributed by atoms with Crippen molar-refractivity contribution in [1.82, 2.24) is 5.32 Å². The molecule has 1 heterocycles. The first kappa shape index (κ1) is 14.0. The van der Waals surface area contributed by atoms with Crippen LogP contribution < -0.4 is 5.32 Å². The first-order chi connectivity index (χ1) is 7.32. The normalized spacial score (nSPS) is 24.8. The molecule has 0 spiro atoms. The molecule has 1 atom stereocenters. The zero-order valence-corrected chi connectivity index (χ0v) is 11.7. The van der Waals surface area contributed by atoms with Gasteiger partial charge in [0.2, 0.25) is 0 Å². The van der Waals surface area contributed by atoms with Crippen molar-refractivity contribution in [2.24, 2.45) is 17.8 Å². The molecular formula is C12H25NO2S. The van der Waals surface area contributed by atoms with Crippen molar-refractivity contribution in [2.75, 3.05) is 18.1 Å². The van der Waals surface area contributed by atoms with Crippen LogP contribution in [0, 0.1) is 17.8 Å². The molecule has 1 N–H and O–H groups in total. The lowest BCUT2D eigenvalue weighted by molar-refractivity contribution is 0.268. The number of hydrogen-bond acceptors (Lipinski definition) is 3. The third kappa shape index (κ3) is 4.06. The van der Waals surface area contributed by atoms with E-state index in [1.165, 1.54) is 0 Å². The summed E-state index contributed by atoms with van der Waals surface area (Å²) in [6.07, 6.45) is 0.783. The highest BCUT2D eigenvalue weighted by Gasteiger charge is 2.28. The SMILES string of the molecule is CC(C)C(CNC1CCS(=O)(=O)C1)C(C)C. The van der Waals surface area contributed by atoms with Gasteiger partial charge in [-0.25, -0.2) is 8.42 Å². The molecule has 0 aromatic rings. The summed E-state index contributed by atoms with van der Waals surface area (Å²) in [6.45, 7) is 9.88. The Morgan fingerprint density at radius 2 is 1.75 bits per heavy atom. The topological polar surface area (TPSA) is 46.2 Å². The van der Waals surface area contributed by atoms with Gasteiger partial charge in [-0.1, -0.05) is 27.7 Å². The van der Waals surface area contributed by atoms with Crippen LogP contribution in [0.1, 0.15) is 34.1 Å². The first-order valence-electron chi connectivity index (χ1n) is 6.25. The van der Waals surface area contributed by atoms with Gasteiger partial charge in [0.05, 0.1) is 11.5 Å². The van der Waals surface area contributed by atoms with E-state index in [9.17, 15) is 8.42 Å². The maximum absolute atomic E-state index is 11.3. The zero-order chi connectivity index (χ0) is 12.3. The highest BCUT2D eigenvalue weighted by molar-refractivity contribution is 7.91. The van der Waals surface area contributed by atoms with Gasteiger partial charge >= 0.3 is 0 Å². The van der Waals surface area contributed by atoms with Gasteiger partial charge in [0.1, 0.15) is 0 Å². The molecule has 0 aliphatic carbocycles. The predicted octanol–water partition coefficient (Wildman–Crippen LogP) is 1.69. The van der Waals surface area contributed by atoms with Gasteiger partial charge in [0, 0.05) is 6.04 Å². The van der Waals surface area contributed by atoms with Crippen molar-refractivity contribution in [3.8, 4) is 0 Å². The highest BCUT2D eigenvalue weighted by atomic mass is 32.2. The maximum Gasteiger partial charge on any atom is 0.151 e. The quantitative estimate of drug-likeness (QED) is 0.804. The van der Waals surface area contributed by atoms with E-state index in [0.717, 1.165) is 13.0 Å². The van der Waals surface area contributed by atoms with Gasteiger partial charge < -0.3 is 5.32 Å². The smallest absolute Gasteiger partial charge is 0.151 e. The Bertz CT molecular complexity index is 301. The van der Waals surface area contributed by atoms with E-state index in [2.05, 4.69) is 33.0 Å². The van der Waals surface area contributed by atoms with E-state index in [-0.39, 0.29) is 6.04 Å². The lowest BCUT2D eigenvalue weighted by Gasteiger charge is -2.26. The number of rotatable bonds is 5. The minimum absolute atomic E-state index is 0.185. The average molecular weight is 247 g/mol. The van der Waals surface area contributed by atoms with Crippen molar-refractivity contribution < 1.29 is 8.42 Å². The molecule has 1 unspecified atom stereocenters. The van der Waals surface area contributed by atoms with Gasteiger partial charge in [-0.3, -0.25) is 0 Å². The van der Waals surface area contributed by atoms with Crippen LogP contribution in [0.4, 0.5) is 0 Å². The third-order valence-corrected chi connectivity index (χ3v) is 5.36.